The first kappa shape index (κ1) is 37.3. The summed E-state index contributed by atoms with van der Waals surface area (Å²) < 4.78 is 0. The summed E-state index contributed by atoms with van der Waals surface area (Å²) in [7, 11) is 0. The van der Waals surface area contributed by atoms with E-state index in [2.05, 4.69) is 0 Å². The molecule has 0 spiro atoms. The second kappa shape index (κ2) is 21.1. The van der Waals surface area contributed by atoms with E-state index >= 15 is 0 Å². The average Bonchev–Trinajstić information content (AvgIpc) is 2.88. The predicted molar refractivity (Wildman–Crippen MR) is 107 cm³/mol. The van der Waals surface area contributed by atoms with Crippen LogP contribution >= 0.6 is 0 Å². The minimum atomic E-state index is -1.86. The fraction of sp³-hybridized carbons (Fsp3) is 0.882. The van der Waals surface area contributed by atoms with Crippen LogP contribution in [0.25, 0.3) is 0 Å². The van der Waals surface area contributed by atoms with Crippen molar-refractivity contribution in [1.29, 1.82) is 0 Å². The van der Waals surface area contributed by atoms with Crippen molar-refractivity contribution in [2.24, 2.45) is 0 Å². The third kappa shape index (κ3) is 14.9. The highest BCUT2D eigenvalue weighted by atomic mass is 16.4. The number of aliphatic hydroxyl groups is 15. The number of Topliss-reactive ketones (excluding diaryl/α,β-unsaturated/α-hetero) is 1. The Balaban J connectivity index is -0.000000426. The Morgan fingerprint density at radius 3 is 1.09 bits per heavy atom. The van der Waals surface area contributed by atoms with Crippen LogP contribution in [0.3, 0.4) is 0 Å². The molecular weight excluding hydrogens is 476 g/mol. The lowest BCUT2D eigenvalue weighted by Gasteiger charge is -2.24. The Morgan fingerprint density at radius 2 is 0.824 bits per heavy atom. The number of hydrogen-bond donors (Lipinski definition) is 15. The minimum Gasteiger partial charge on any atom is -0.394 e. The summed E-state index contributed by atoms with van der Waals surface area (Å²) in [5.74, 6) is -1.00. The molecule has 0 amide bonds. The summed E-state index contributed by atoms with van der Waals surface area (Å²) in [5.41, 5.74) is 0. The third-order valence-electron chi connectivity index (χ3n) is 3.97. The summed E-state index contributed by atoms with van der Waals surface area (Å²) >= 11 is 0. The maximum Gasteiger partial charge on any atom is 0.189 e. The highest BCUT2D eigenvalue weighted by Crippen LogP contribution is 2.04. The van der Waals surface area contributed by atoms with Crippen LogP contribution < -0.4 is 0 Å². The molecule has 0 aromatic carbocycles. The first-order chi connectivity index (χ1) is 15.7. The zero-order chi connectivity index (χ0) is 27.6. The molecule has 0 unspecified atom stereocenters. The molecule has 0 aliphatic heterocycles. The van der Waals surface area contributed by atoms with Crippen molar-refractivity contribution < 1.29 is 86.2 Å². The summed E-state index contributed by atoms with van der Waals surface area (Å²) in [6.07, 6.45) is -16.2. The minimum absolute atomic E-state index is 0.0869. The molecule has 34 heavy (non-hydrogen) atoms. The van der Waals surface area contributed by atoms with Crippen molar-refractivity contribution in [3.63, 3.8) is 0 Å². The zero-order valence-corrected chi connectivity index (χ0v) is 17.9. The second-order valence-corrected chi connectivity index (χ2v) is 6.66. The average molecular weight is 512 g/mol. The summed E-state index contributed by atoms with van der Waals surface area (Å²) in [5, 5.41) is 129. The second-order valence-electron chi connectivity index (χ2n) is 6.66. The maximum absolute atomic E-state index is 10.5. The molecule has 17 heteroatoms. The molecule has 206 valence electrons. The van der Waals surface area contributed by atoms with E-state index in [0.29, 0.717) is 0 Å². The SMILES string of the molecule is O=C(CO)[C@@H](O)[C@H](O)[C@@H](O)CO.O=C[C@H](O)[C@@H](O)[C@H](O)CO.OC[C@@H](O)[C@@H](O)[C@H](O)[C@H](O)CO. The van der Waals surface area contributed by atoms with E-state index in [-0.39, 0.29) is 6.29 Å². The number of hydrogen-bond acceptors (Lipinski definition) is 17. The van der Waals surface area contributed by atoms with E-state index in [4.69, 9.17) is 76.6 Å². The first-order valence-corrected chi connectivity index (χ1v) is 9.54. The quantitative estimate of drug-likeness (QED) is 0.0960. The maximum atomic E-state index is 10.5. The van der Waals surface area contributed by atoms with Crippen molar-refractivity contribution in [2.45, 2.75) is 61.0 Å². The summed E-state index contributed by atoms with van der Waals surface area (Å²) in [6, 6.07) is 0. The number of carbonyl (C=O) groups is 2. The Morgan fingerprint density at radius 1 is 0.529 bits per heavy atom. The van der Waals surface area contributed by atoms with Gasteiger partial charge in [0.25, 0.3) is 0 Å². The molecule has 0 aromatic rings. The standard InChI is InChI=1S/C6H14O6.C6H12O6.C5H10O5/c2*7-1-3(9)5(11)6(12)4(10)2-8;6-1-3(8)5(10)4(9)2-7/h3-12H,1-2H2;3,5-9,11-12H,1-2H2;1,3-5,7-10H,2H2/t3-,4-,5-,6-;3-,5+,6+;3-,4+,5+/m100/s1. The van der Waals surface area contributed by atoms with Crippen LogP contribution in [-0.4, -0.2) is 183 Å². The smallest absolute Gasteiger partial charge is 0.189 e. The van der Waals surface area contributed by atoms with Crippen LogP contribution in [-0.2, 0) is 9.59 Å². The van der Waals surface area contributed by atoms with E-state index in [1.54, 1.807) is 0 Å². The van der Waals surface area contributed by atoms with Crippen LogP contribution in [0.4, 0.5) is 0 Å². The summed E-state index contributed by atoms with van der Waals surface area (Å²) in [6.45, 7) is -3.83. The van der Waals surface area contributed by atoms with Gasteiger partial charge in [-0.3, -0.25) is 4.79 Å². The molecule has 17 nitrogen and oxygen atoms in total. The normalized spacial score (nSPS) is 19.9. The third-order valence-corrected chi connectivity index (χ3v) is 3.97. The molecule has 0 aromatic heterocycles. The molecule has 0 radical (unpaired) electrons. The molecule has 0 heterocycles. The molecule has 0 saturated heterocycles. The number of carbonyl (C=O) groups excluding carboxylic acids is 2. The molecule has 15 N–H and O–H groups in total. The van der Waals surface area contributed by atoms with Gasteiger partial charge in [0, 0.05) is 0 Å². The van der Waals surface area contributed by atoms with Crippen LogP contribution in [0.5, 0.6) is 0 Å². The van der Waals surface area contributed by atoms with Crippen molar-refractivity contribution in [1.82, 2.24) is 0 Å². The fourth-order valence-corrected chi connectivity index (χ4v) is 1.69. The predicted octanol–water partition coefficient (Wildman–Crippen LogP) is -9.70. The topological polar surface area (TPSA) is 338 Å². The number of ketones is 1. The largest absolute Gasteiger partial charge is 0.394 e. The van der Waals surface area contributed by atoms with Crippen LogP contribution in [0, 0.1) is 0 Å². The number of aldehydes is 1. The van der Waals surface area contributed by atoms with Gasteiger partial charge in [-0.25, -0.2) is 0 Å². The lowest BCUT2D eigenvalue weighted by atomic mass is 10.0. The highest BCUT2D eigenvalue weighted by molar-refractivity contribution is 5.84. The van der Waals surface area contributed by atoms with Gasteiger partial charge in [0.1, 0.15) is 67.6 Å². The van der Waals surface area contributed by atoms with Gasteiger partial charge in [0.2, 0.25) is 0 Å². The van der Waals surface area contributed by atoms with E-state index in [1.807, 2.05) is 0 Å². The van der Waals surface area contributed by atoms with Crippen molar-refractivity contribution in [2.75, 3.05) is 33.0 Å². The molecular formula is C17H36O17. The van der Waals surface area contributed by atoms with Crippen molar-refractivity contribution in [3.05, 3.63) is 0 Å². The zero-order valence-electron chi connectivity index (χ0n) is 17.9. The van der Waals surface area contributed by atoms with Gasteiger partial charge in [-0.15, -0.1) is 0 Å². The molecule has 10 atom stereocenters. The Labute approximate surface area is 193 Å². The van der Waals surface area contributed by atoms with Crippen LogP contribution in [0.2, 0.25) is 0 Å². The van der Waals surface area contributed by atoms with Crippen LogP contribution in [0.15, 0.2) is 0 Å². The van der Waals surface area contributed by atoms with Gasteiger partial charge in [-0.2, -0.15) is 0 Å². The highest BCUT2D eigenvalue weighted by Gasteiger charge is 2.30. The molecule has 0 saturated carbocycles. The Kier molecular flexibility index (Phi) is 23.1. The number of aliphatic hydroxyl groups excluding tert-OH is 15. The fourth-order valence-electron chi connectivity index (χ4n) is 1.69. The van der Waals surface area contributed by atoms with Gasteiger partial charge < -0.3 is 81.4 Å². The van der Waals surface area contributed by atoms with E-state index in [0.717, 1.165) is 0 Å². The van der Waals surface area contributed by atoms with E-state index < -0.39 is 99.9 Å². The lowest BCUT2D eigenvalue weighted by Crippen LogP contribution is -2.46. The van der Waals surface area contributed by atoms with Gasteiger partial charge in [0.05, 0.1) is 26.4 Å². The van der Waals surface area contributed by atoms with Gasteiger partial charge >= 0.3 is 0 Å². The van der Waals surface area contributed by atoms with Crippen molar-refractivity contribution in [3.8, 4) is 0 Å². The monoisotopic (exact) mass is 512 g/mol. The van der Waals surface area contributed by atoms with Gasteiger partial charge in [-0.1, -0.05) is 0 Å². The Bertz CT molecular complexity index is 494. The first-order valence-electron chi connectivity index (χ1n) is 9.54. The molecule has 0 fully saturated rings. The van der Waals surface area contributed by atoms with Crippen LogP contribution in [0.1, 0.15) is 0 Å². The molecule has 0 aliphatic carbocycles. The van der Waals surface area contributed by atoms with E-state index in [9.17, 15) is 9.59 Å². The molecule has 0 rings (SSSR count). The van der Waals surface area contributed by atoms with Gasteiger partial charge in [0.15, 0.2) is 12.1 Å². The lowest BCUT2D eigenvalue weighted by molar-refractivity contribution is -0.142. The van der Waals surface area contributed by atoms with Crippen molar-refractivity contribution >= 4 is 12.1 Å². The van der Waals surface area contributed by atoms with E-state index in [1.165, 1.54) is 0 Å². The van der Waals surface area contributed by atoms with Gasteiger partial charge in [-0.05, 0) is 0 Å². The molecule has 0 bridgehead atoms. The number of rotatable bonds is 14. The molecule has 0 aliphatic rings. The summed E-state index contributed by atoms with van der Waals surface area (Å²) in [4.78, 5) is 20.3. The Hall–Kier alpha value is -1.26.